The third-order valence-corrected chi connectivity index (χ3v) is 4.19. The van der Waals surface area contributed by atoms with Crippen molar-refractivity contribution in [2.75, 3.05) is 0 Å². The van der Waals surface area contributed by atoms with Crippen LogP contribution >= 0.6 is 33.9 Å². The molecule has 2 rings (SSSR count). The van der Waals surface area contributed by atoms with E-state index in [0.29, 0.717) is 13.7 Å². The second-order valence-corrected chi connectivity index (χ2v) is 4.77. The fourth-order valence-corrected chi connectivity index (χ4v) is 3.32. The lowest BCUT2D eigenvalue weighted by atomic mass is 10.1. The van der Waals surface area contributed by atoms with Gasteiger partial charge in [-0.15, -0.1) is 11.3 Å². The van der Waals surface area contributed by atoms with Crippen LogP contribution in [0.1, 0.15) is 12.0 Å². The molecule has 14 heavy (non-hydrogen) atoms. The molecule has 1 aromatic heterocycles. The Bertz CT molecular complexity index is 478. The molecule has 0 bridgehead atoms. The molecule has 0 saturated heterocycles. The molecule has 0 unspecified atom stereocenters. The summed E-state index contributed by atoms with van der Waals surface area (Å²) in [7, 11) is 0. The van der Waals surface area contributed by atoms with Gasteiger partial charge >= 0.3 is 0 Å². The number of alkyl halides is 2. The van der Waals surface area contributed by atoms with Crippen LogP contribution in [0.25, 0.3) is 10.1 Å². The van der Waals surface area contributed by atoms with Gasteiger partial charge in [0.15, 0.2) is 0 Å². The van der Waals surface area contributed by atoms with E-state index in [1.807, 2.05) is 22.6 Å². The summed E-state index contributed by atoms with van der Waals surface area (Å²) in [5, 5.41) is 1.99. The van der Waals surface area contributed by atoms with Gasteiger partial charge < -0.3 is 0 Å². The zero-order valence-electron chi connectivity index (χ0n) is 6.73. The highest BCUT2D eigenvalue weighted by atomic mass is 127. The van der Waals surface area contributed by atoms with Crippen molar-refractivity contribution in [3.8, 4) is 0 Å². The van der Waals surface area contributed by atoms with Crippen LogP contribution in [0.4, 0.5) is 13.2 Å². The third-order valence-electron chi connectivity index (χ3n) is 1.89. The molecular formula is C9H4F3IS. The molecule has 0 radical (unpaired) electrons. The molecule has 0 amide bonds. The van der Waals surface area contributed by atoms with Gasteiger partial charge in [-0.1, -0.05) is 0 Å². The Morgan fingerprint density at radius 3 is 2.64 bits per heavy atom. The monoisotopic (exact) mass is 328 g/mol. The summed E-state index contributed by atoms with van der Waals surface area (Å²) in [6.07, 6.45) is -2.55. The number of benzene rings is 1. The lowest BCUT2D eigenvalue weighted by Gasteiger charge is -2.01. The summed E-state index contributed by atoms with van der Waals surface area (Å²) < 4.78 is 39.4. The molecule has 0 saturated carbocycles. The minimum atomic E-state index is -2.55. The third kappa shape index (κ3) is 1.52. The number of hydrogen-bond acceptors (Lipinski definition) is 1. The molecule has 0 nitrogen and oxygen atoms in total. The Labute approximate surface area is 95.9 Å². The van der Waals surface area contributed by atoms with Crippen molar-refractivity contribution >= 4 is 44.0 Å². The molecular weight excluding hydrogens is 324 g/mol. The maximum atomic E-state index is 13.3. The molecule has 0 spiro atoms. The van der Waals surface area contributed by atoms with Gasteiger partial charge in [-0.05, 0) is 34.7 Å². The minimum Gasteiger partial charge on any atom is -0.206 e. The molecule has 1 heterocycles. The molecule has 74 valence electrons. The highest BCUT2D eigenvalue weighted by Crippen LogP contribution is 2.36. The quantitative estimate of drug-likeness (QED) is 0.672. The van der Waals surface area contributed by atoms with Crippen LogP contribution in [0, 0.1) is 9.39 Å². The van der Waals surface area contributed by atoms with Gasteiger partial charge in [0.05, 0.1) is 0 Å². The van der Waals surface area contributed by atoms with Crippen LogP contribution in [0.5, 0.6) is 0 Å². The summed E-state index contributed by atoms with van der Waals surface area (Å²) in [4.78, 5) is 0. The first-order valence-corrected chi connectivity index (χ1v) is 5.70. The molecule has 0 fully saturated rings. The topological polar surface area (TPSA) is 0 Å². The van der Waals surface area contributed by atoms with Crippen LogP contribution in [0.15, 0.2) is 17.5 Å². The number of halogens is 4. The Kier molecular flexibility index (Phi) is 2.70. The van der Waals surface area contributed by atoms with Crippen LogP contribution in [0.3, 0.4) is 0 Å². The summed E-state index contributed by atoms with van der Waals surface area (Å²) in [5.74, 6) is -0.435. The molecule has 2 aromatic rings. The smallest absolute Gasteiger partial charge is 0.206 e. The van der Waals surface area contributed by atoms with Crippen LogP contribution < -0.4 is 0 Å². The largest absolute Gasteiger partial charge is 0.265 e. The highest BCUT2D eigenvalue weighted by molar-refractivity contribution is 14.1. The SMILES string of the molecule is Fc1ccc(C(F)F)c2scc(I)c12. The predicted molar refractivity (Wildman–Crippen MR) is 59.5 cm³/mol. The first-order chi connectivity index (χ1) is 6.61. The molecule has 0 aliphatic carbocycles. The van der Waals surface area contributed by atoms with E-state index in [4.69, 9.17) is 0 Å². The predicted octanol–water partition coefficient (Wildman–Crippen LogP) is 4.58. The summed E-state index contributed by atoms with van der Waals surface area (Å²) in [6.45, 7) is 0. The van der Waals surface area contributed by atoms with Gasteiger partial charge in [0, 0.05) is 24.6 Å². The Morgan fingerprint density at radius 2 is 2.00 bits per heavy atom. The van der Waals surface area contributed by atoms with E-state index in [9.17, 15) is 13.2 Å². The van der Waals surface area contributed by atoms with Gasteiger partial charge in [-0.2, -0.15) is 0 Å². The average Bonchev–Trinajstić information content (AvgIpc) is 2.49. The van der Waals surface area contributed by atoms with Crippen molar-refractivity contribution in [1.29, 1.82) is 0 Å². The fourth-order valence-electron chi connectivity index (χ4n) is 1.27. The molecule has 0 atom stereocenters. The summed E-state index contributed by atoms with van der Waals surface area (Å²) >= 11 is 3.10. The van der Waals surface area contributed by atoms with Crippen molar-refractivity contribution < 1.29 is 13.2 Å². The van der Waals surface area contributed by atoms with Gasteiger partial charge in [0.2, 0.25) is 0 Å². The van der Waals surface area contributed by atoms with Gasteiger partial charge in [-0.25, -0.2) is 13.2 Å². The maximum Gasteiger partial charge on any atom is 0.265 e. The second-order valence-electron chi connectivity index (χ2n) is 2.73. The molecule has 0 aliphatic rings. The van der Waals surface area contributed by atoms with Crippen molar-refractivity contribution in [2.45, 2.75) is 6.43 Å². The van der Waals surface area contributed by atoms with E-state index < -0.39 is 12.2 Å². The van der Waals surface area contributed by atoms with Crippen LogP contribution in [0.2, 0.25) is 0 Å². The summed E-state index contributed by atoms with van der Waals surface area (Å²) in [6, 6.07) is 2.24. The Hall–Kier alpha value is -0.300. The van der Waals surface area contributed by atoms with Crippen LogP contribution in [-0.2, 0) is 0 Å². The van der Waals surface area contributed by atoms with Gasteiger partial charge in [0.25, 0.3) is 6.43 Å². The lowest BCUT2D eigenvalue weighted by molar-refractivity contribution is 0.153. The van der Waals surface area contributed by atoms with Gasteiger partial charge in [-0.3, -0.25) is 0 Å². The van der Waals surface area contributed by atoms with E-state index in [2.05, 4.69) is 0 Å². The zero-order chi connectivity index (χ0) is 10.3. The zero-order valence-corrected chi connectivity index (χ0v) is 9.70. The normalized spacial score (nSPS) is 11.5. The fraction of sp³-hybridized carbons (Fsp3) is 0.111. The van der Waals surface area contributed by atoms with Gasteiger partial charge in [0.1, 0.15) is 5.82 Å². The van der Waals surface area contributed by atoms with Crippen molar-refractivity contribution in [3.63, 3.8) is 0 Å². The van der Waals surface area contributed by atoms with Crippen molar-refractivity contribution in [1.82, 2.24) is 0 Å². The maximum absolute atomic E-state index is 13.3. The van der Waals surface area contributed by atoms with E-state index in [1.54, 1.807) is 5.38 Å². The number of hydrogen-bond donors (Lipinski definition) is 0. The number of thiophene rings is 1. The minimum absolute atomic E-state index is 0.0886. The van der Waals surface area contributed by atoms with Crippen molar-refractivity contribution in [3.05, 3.63) is 32.5 Å². The standard InChI is InChI=1S/C9H4F3IS/c10-5-2-1-4(9(11)12)8-7(5)6(13)3-14-8/h1-3,9H. The molecule has 5 heteroatoms. The average molecular weight is 328 g/mol. The molecule has 1 aromatic carbocycles. The highest BCUT2D eigenvalue weighted by Gasteiger charge is 2.16. The summed E-state index contributed by atoms with van der Waals surface area (Å²) in [5.41, 5.74) is -0.0886. The second kappa shape index (κ2) is 3.69. The molecule has 0 aliphatic heterocycles. The first-order valence-electron chi connectivity index (χ1n) is 3.74. The van der Waals surface area contributed by atoms with E-state index >= 15 is 0 Å². The number of rotatable bonds is 1. The van der Waals surface area contributed by atoms with E-state index in [1.165, 1.54) is 0 Å². The van der Waals surface area contributed by atoms with E-state index in [-0.39, 0.29) is 5.56 Å². The van der Waals surface area contributed by atoms with Crippen molar-refractivity contribution in [2.24, 2.45) is 0 Å². The van der Waals surface area contributed by atoms with E-state index in [0.717, 1.165) is 23.5 Å². The first kappa shape index (κ1) is 10.2. The Morgan fingerprint density at radius 1 is 1.29 bits per heavy atom. The molecule has 0 N–H and O–H groups in total. The van der Waals surface area contributed by atoms with Crippen LogP contribution in [-0.4, -0.2) is 0 Å². The Balaban J connectivity index is 2.83. The number of fused-ring (bicyclic) bond motifs is 1. The lowest BCUT2D eigenvalue weighted by Crippen LogP contribution is -1.86.